The van der Waals surface area contributed by atoms with Crippen molar-refractivity contribution in [1.82, 2.24) is 35.9 Å². The molecule has 5 rings (SSSR count). The molecular weight excluding hydrogens is 1030 g/mol. The van der Waals surface area contributed by atoms with Gasteiger partial charge >= 0.3 is 12.1 Å². The van der Waals surface area contributed by atoms with Crippen LogP contribution in [0.5, 0.6) is 5.75 Å². The van der Waals surface area contributed by atoms with E-state index in [1.54, 1.807) is 38.1 Å². The molecule has 24 nitrogen and oxygen atoms in total. The number of anilines is 1. The first-order valence-corrected chi connectivity index (χ1v) is 25.8. The molecule has 6 amide bonds. The van der Waals surface area contributed by atoms with Gasteiger partial charge in [-0.25, -0.2) is 14.6 Å². The number of carbonyl (C=O) groups is 7. The third-order valence-electron chi connectivity index (χ3n) is 13.9. The van der Waals surface area contributed by atoms with Gasteiger partial charge < -0.3 is 69.4 Å². The fourth-order valence-corrected chi connectivity index (χ4v) is 9.28. The van der Waals surface area contributed by atoms with E-state index in [0.29, 0.717) is 30.9 Å². The van der Waals surface area contributed by atoms with Gasteiger partial charge in [-0.2, -0.15) is 0 Å². The maximum atomic E-state index is 14.3. The number of carbonyl (C=O) groups excluding carboxylic acids is 7. The molecule has 9 atom stereocenters. The summed E-state index contributed by atoms with van der Waals surface area (Å²) in [5.74, 6) is -3.94. The zero-order valence-corrected chi connectivity index (χ0v) is 46.1. The number of nitrogens with zero attached hydrogens (tertiary/aromatic N) is 4. The Bertz CT molecular complexity index is 2490. The van der Waals surface area contributed by atoms with Gasteiger partial charge in [0.15, 0.2) is 5.72 Å². The molecular formula is C52H76ClN9O15. The van der Waals surface area contributed by atoms with E-state index < -0.39 is 108 Å². The first-order valence-electron chi connectivity index (χ1n) is 25.4. The maximum absolute atomic E-state index is 14.3. The molecule has 0 aliphatic carbocycles. The summed E-state index contributed by atoms with van der Waals surface area (Å²) in [6.45, 7) is 8.01. The van der Waals surface area contributed by atoms with E-state index in [-0.39, 0.29) is 57.3 Å². The summed E-state index contributed by atoms with van der Waals surface area (Å²) < 4.78 is 36.5. The second kappa shape index (κ2) is 28.0. The van der Waals surface area contributed by atoms with Crippen LogP contribution in [0.2, 0.25) is 5.02 Å². The monoisotopic (exact) mass is 1100 g/mol. The molecule has 2 aromatic rings. The number of ether oxygens (including phenoxy) is 6. The van der Waals surface area contributed by atoms with Crippen LogP contribution < -0.4 is 36.7 Å². The Morgan fingerprint density at radius 2 is 1.81 bits per heavy atom. The van der Waals surface area contributed by atoms with Crippen LogP contribution in [0.4, 0.5) is 10.5 Å². The molecule has 2 saturated heterocycles. The summed E-state index contributed by atoms with van der Waals surface area (Å²) in [4.78, 5) is 94.2. The summed E-state index contributed by atoms with van der Waals surface area (Å²) in [6.07, 6.45) is 2.20. The number of amides is 6. The number of aliphatic hydroxyl groups excluding tert-OH is 1. The van der Waals surface area contributed by atoms with Gasteiger partial charge in [-0.05, 0) is 63.6 Å². The van der Waals surface area contributed by atoms with Crippen molar-refractivity contribution in [3.8, 4) is 5.75 Å². The lowest BCUT2D eigenvalue weighted by Gasteiger charge is -2.41. The molecule has 25 heteroatoms. The van der Waals surface area contributed by atoms with Crippen molar-refractivity contribution in [2.45, 2.75) is 127 Å². The number of rotatable bonds is 23. The van der Waals surface area contributed by atoms with E-state index in [9.17, 15) is 43.8 Å². The third-order valence-corrected chi connectivity index (χ3v) is 14.3. The number of fused-ring (bicyclic) bond motifs is 5. The molecule has 8 N–H and O–H groups in total. The molecule has 4 heterocycles. The van der Waals surface area contributed by atoms with Gasteiger partial charge in [-0.3, -0.25) is 34.7 Å². The number of esters is 1. The van der Waals surface area contributed by atoms with E-state index >= 15 is 0 Å². The van der Waals surface area contributed by atoms with E-state index in [0.717, 1.165) is 16.7 Å². The number of alkyl carbamates (subject to hydrolysis) is 1. The van der Waals surface area contributed by atoms with Gasteiger partial charge in [0.1, 0.15) is 46.8 Å². The van der Waals surface area contributed by atoms with Gasteiger partial charge in [0.25, 0.3) is 0 Å². The largest absolute Gasteiger partial charge is 0.495 e. The number of nitrogens with one attached hydrogen (secondary N) is 4. The molecule has 2 fully saturated rings. The van der Waals surface area contributed by atoms with E-state index in [2.05, 4.69) is 21.4 Å². The smallest absolute Gasteiger partial charge is 0.409 e. The third kappa shape index (κ3) is 17.2. The van der Waals surface area contributed by atoms with E-state index in [1.807, 2.05) is 49.1 Å². The number of hydrogen-bond acceptors (Lipinski definition) is 17. The number of nitrogens with two attached hydrogens (primary N) is 1. The number of epoxide rings is 1. The lowest BCUT2D eigenvalue weighted by atomic mass is 9.83. The number of aryl methyl sites for hydroxylation is 1. The molecule has 1 unspecified atom stereocenters. The van der Waals surface area contributed by atoms with Crippen LogP contribution >= 0.6 is 11.6 Å². The number of primary amides is 1. The molecule has 1 aromatic heterocycles. The summed E-state index contributed by atoms with van der Waals surface area (Å²) in [5, 5.41) is 32.3. The van der Waals surface area contributed by atoms with Crippen LogP contribution in [0.1, 0.15) is 70.9 Å². The number of likely N-dealkylation sites (N-methyl/N-ethyl adjacent to an activating group) is 1. The Hall–Kier alpha value is -6.12. The minimum Gasteiger partial charge on any atom is -0.495 e. The number of allylic oxidation sites excluding steroid dienone is 3. The predicted molar refractivity (Wildman–Crippen MR) is 281 cm³/mol. The molecule has 0 saturated carbocycles. The highest BCUT2D eigenvalue weighted by atomic mass is 35.5. The first kappa shape index (κ1) is 61.7. The minimum absolute atomic E-state index is 0.0260. The molecule has 0 spiro atoms. The van der Waals surface area contributed by atoms with Crippen LogP contribution in [0, 0.1) is 5.92 Å². The van der Waals surface area contributed by atoms with Crippen LogP contribution in [-0.4, -0.2) is 182 Å². The van der Waals surface area contributed by atoms with Crippen molar-refractivity contribution >= 4 is 58.9 Å². The Balaban J connectivity index is 1.13. The highest BCUT2D eigenvalue weighted by molar-refractivity contribution is 6.35. The number of methoxy groups -OCH3 is 1. The summed E-state index contributed by atoms with van der Waals surface area (Å²) in [6, 6.07) is 3.10. The SMILES string of the molecule is CNN(C)Cc1ccn(CCC(=O)N[C@@H](CC(N)=O)C(=O)NCCOCCOCCC(=O)N(C)[C@@H](C)C(=O)O[C@H]2CC(=O)N(C)c3cc(cc(OC)c3Cl)C/C(C)=C/C=C/[C@@H](O)[C@@]3(O)C[C@H](OC(=O)N3)[C@@H](C)C3O[C@]32C)c1. The average Bonchev–Trinajstić information content (AvgIpc) is 4.00. The summed E-state index contributed by atoms with van der Waals surface area (Å²) >= 11 is 6.78. The Kier molecular flexibility index (Phi) is 22.4. The number of aliphatic hydroxyl groups is 2. The minimum atomic E-state index is -2.11. The topological polar surface area (TPSA) is 307 Å². The van der Waals surface area contributed by atoms with Gasteiger partial charge in [0, 0.05) is 71.9 Å². The van der Waals surface area contributed by atoms with Gasteiger partial charge in [-0.15, -0.1) is 0 Å². The molecule has 3 aliphatic heterocycles. The molecule has 0 radical (unpaired) electrons. The van der Waals surface area contributed by atoms with Crippen molar-refractivity contribution in [1.29, 1.82) is 0 Å². The molecule has 426 valence electrons. The highest BCUT2D eigenvalue weighted by Crippen LogP contribution is 2.49. The second-order valence-electron chi connectivity index (χ2n) is 19.8. The summed E-state index contributed by atoms with van der Waals surface area (Å²) in [7, 11) is 8.12. The van der Waals surface area contributed by atoms with Crippen molar-refractivity contribution in [2.24, 2.45) is 11.7 Å². The molecule has 3 aliphatic rings. The molecule has 1 aromatic carbocycles. The number of halogens is 1. The zero-order valence-electron chi connectivity index (χ0n) is 45.3. The molecule has 77 heavy (non-hydrogen) atoms. The highest BCUT2D eigenvalue weighted by Gasteiger charge is 2.64. The summed E-state index contributed by atoms with van der Waals surface area (Å²) in [5.41, 5.74) is 7.86. The van der Waals surface area contributed by atoms with E-state index in [1.165, 1.54) is 44.0 Å². The quantitative estimate of drug-likeness (QED) is 0.0356. The number of hydrogen-bond donors (Lipinski definition) is 7. The maximum Gasteiger partial charge on any atom is 0.409 e. The Labute approximate surface area is 453 Å². The number of hydrazine groups is 1. The van der Waals surface area contributed by atoms with Crippen LogP contribution in [0.15, 0.2) is 54.4 Å². The van der Waals surface area contributed by atoms with Crippen LogP contribution in [-0.2, 0) is 72.0 Å². The fraction of sp³-hybridized carbons (Fsp3) is 0.596. The Morgan fingerprint density at radius 3 is 2.49 bits per heavy atom. The van der Waals surface area contributed by atoms with Crippen molar-refractivity contribution in [3.63, 3.8) is 0 Å². The lowest BCUT2D eigenvalue weighted by molar-refractivity contribution is -0.162. The normalized spacial score (nSPS) is 25.4. The van der Waals surface area contributed by atoms with Crippen LogP contribution in [0.3, 0.4) is 0 Å². The molecule has 4 bridgehead atoms. The second-order valence-corrected chi connectivity index (χ2v) is 20.2. The van der Waals surface area contributed by atoms with Gasteiger partial charge in [0.05, 0.1) is 64.6 Å². The van der Waals surface area contributed by atoms with Crippen molar-refractivity contribution in [2.75, 3.05) is 73.2 Å². The predicted octanol–water partition coefficient (Wildman–Crippen LogP) is 1.22. The average molecular weight is 1100 g/mol. The van der Waals surface area contributed by atoms with Crippen molar-refractivity contribution < 1.29 is 72.2 Å². The first-order chi connectivity index (χ1) is 36.4. The number of aromatic nitrogens is 1. The van der Waals surface area contributed by atoms with Gasteiger partial charge in [-0.1, -0.05) is 42.3 Å². The van der Waals surface area contributed by atoms with E-state index in [4.69, 9.17) is 45.8 Å². The van der Waals surface area contributed by atoms with Crippen LogP contribution in [0.25, 0.3) is 0 Å². The zero-order chi connectivity index (χ0) is 56.8. The van der Waals surface area contributed by atoms with Crippen molar-refractivity contribution in [3.05, 3.63) is 70.5 Å². The lowest BCUT2D eigenvalue weighted by Crippen LogP contribution is -2.63. The fourth-order valence-electron chi connectivity index (χ4n) is 8.97. The van der Waals surface area contributed by atoms with Gasteiger partial charge in [0.2, 0.25) is 29.5 Å². The standard InChI is InChI=1S/C52H76ClN9O15/c1-31-11-10-12-40(63)52(71)28-39(75-50(70)58-52)32(2)47-51(4,77-47)41(27-45(67)61(8)37-24-35(23-31)25-38(72-9)46(37)53)76-49(69)33(3)60(7)44(66)15-19-73-21-22-74-20-16-56-48(68)36(26-42(54)64)57-43(65)14-18-62-17-13-34(30-62)29-59(6)55-5/h10-13,17,24-25,30,32-33,36,39-41,47,55,63,71H,14-16,18-23,26-29H2,1-9H3,(H2,54,64)(H,56,68)(H,57,65)(H,58,70)/b12-10+,31-11+/t32-,33+,36+,39+,40-,41+,47?,51+,52+/m1/s1. The number of benzene rings is 1. The Morgan fingerprint density at radius 1 is 1.09 bits per heavy atom.